The largest absolute Gasteiger partial charge is 0.490 e. The zero-order chi connectivity index (χ0) is 21.1. The summed E-state index contributed by atoms with van der Waals surface area (Å²) >= 11 is 5.79. The van der Waals surface area contributed by atoms with Crippen LogP contribution in [0, 0.1) is 0 Å². The highest BCUT2D eigenvalue weighted by atomic mass is 127. The summed E-state index contributed by atoms with van der Waals surface area (Å²) in [5, 5.41) is 6.79. The number of guanidine groups is 1. The van der Waals surface area contributed by atoms with E-state index in [2.05, 4.69) is 25.3 Å². The molecular weight excluding hydrogens is 529 g/mol. The van der Waals surface area contributed by atoms with Crippen LogP contribution in [0.2, 0.25) is 5.15 Å². The van der Waals surface area contributed by atoms with Crippen LogP contribution in [0.1, 0.15) is 25.0 Å². The van der Waals surface area contributed by atoms with E-state index in [0.717, 1.165) is 12.0 Å². The Morgan fingerprint density at radius 3 is 2.63 bits per heavy atom. The van der Waals surface area contributed by atoms with Gasteiger partial charge in [-0.05, 0) is 38.0 Å². The average molecular weight is 555 g/mol. The summed E-state index contributed by atoms with van der Waals surface area (Å²) in [7, 11) is 0. The van der Waals surface area contributed by atoms with E-state index in [1.165, 1.54) is 0 Å². The summed E-state index contributed by atoms with van der Waals surface area (Å²) in [6, 6.07) is 8.66. The lowest BCUT2D eigenvalue weighted by Crippen LogP contribution is -2.38. The van der Waals surface area contributed by atoms with Crippen molar-refractivity contribution in [2.24, 2.45) is 4.99 Å². The average Bonchev–Trinajstić information content (AvgIpc) is 2.69. The van der Waals surface area contributed by atoms with Crippen LogP contribution >= 0.6 is 35.6 Å². The third-order valence-electron chi connectivity index (χ3n) is 3.81. The molecule has 0 radical (unpaired) electrons. The van der Waals surface area contributed by atoms with Crippen molar-refractivity contribution in [1.29, 1.82) is 0 Å². The van der Waals surface area contributed by atoms with Gasteiger partial charge in [0.25, 0.3) is 0 Å². The number of aromatic nitrogens is 1. The first-order valence-electron chi connectivity index (χ1n) is 9.35. The van der Waals surface area contributed by atoms with Crippen molar-refractivity contribution in [3.05, 3.63) is 52.8 Å². The first kappa shape index (κ1) is 26.2. The highest BCUT2D eigenvalue weighted by molar-refractivity contribution is 14.0. The molecular formula is C20H26ClF2IN4O2. The van der Waals surface area contributed by atoms with Crippen molar-refractivity contribution in [3.8, 4) is 11.5 Å². The van der Waals surface area contributed by atoms with Gasteiger partial charge in [0.15, 0.2) is 17.5 Å². The van der Waals surface area contributed by atoms with Crippen LogP contribution in [0.4, 0.5) is 8.78 Å². The van der Waals surface area contributed by atoms with E-state index < -0.39 is 6.61 Å². The van der Waals surface area contributed by atoms with E-state index in [1.807, 2.05) is 13.0 Å². The zero-order valence-corrected chi connectivity index (χ0v) is 19.9. The number of aliphatic imine (C=N–C) groups is 1. The summed E-state index contributed by atoms with van der Waals surface area (Å²) < 4.78 is 35.8. The zero-order valence-electron chi connectivity index (χ0n) is 16.8. The van der Waals surface area contributed by atoms with Crippen LogP contribution in [-0.2, 0) is 13.0 Å². The molecule has 0 fully saturated rings. The molecule has 166 valence electrons. The molecule has 1 aromatic heterocycles. The van der Waals surface area contributed by atoms with E-state index in [4.69, 9.17) is 16.3 Å². The van der Waals surface area contributed by atoms with Gasteiger partial charge in [0.2, 0.25) is 0 Å². The molecule has 0 saturated carbocycles. The quantitative estimate of drug-likeness (QED) is 0.194. The molecule has 0 aliphatic carbocycles. The predicted molar refractivity (Wildman–Crippen MR) is 125 cm³/mol. The lowest BCUT2D eigenvalue weighted by atomic mass is 10.2. The normalized spacial score (nSPS) is 11.1. The lowest BCUT2D eigenvalue weighted by molar-refractivity contribution is -0.0520. The van der Waals surface area contributed by atoms with Crippen LogP contribution in [0.5, 0.6) is 11.5 Å². The molecule has 0 atom stereocenters. The number of benzene rings is 1. The minimum Gasteiger partial charge on any atom is -0.490 e. The fourth-order valence-corrected chi connectivity index (χ4v) is 2.68. The van der Waals surface area contributed by atoms with Crippen molar-refractivity contribution >= 4 is 41.5 Å². The van der Waals surface area contributed by atoms with Crippen molar-refractivity contribution in [2.45, 2.75) is 33.4 Å². The van der Waals surface area contributed by atoms with Crippen LogP contribution in [0.3, 0.4) is 0 Å². The van der Waals surface area contributed by atoms with Gasteiger partial charge in [0, 0.05) is 24.8 Å². The number of hydrogen-bond donors (Lipinski definition) is 2. The lowest BCUT2D eigenvalue weighted by Gasteiger charge is -2.15. The Morgan fingerprint density at radius 1 is 1.20 bits per heavy atom. The maximum absolute atomic E-state index is 12.8. The van der Waals surface area contributed by atoms with Gasteiger partial charge < -0.3 is 20.1 Å². The third kappa shape index (κ3) is 8.86. The van der Waals surface area contributed by atoms with Crippen molar-refractivity contribution < 1.29 is 18.3 Å². The molecule has 2 rings (SSSR count). The number of nitrogens with zero attached hydrogens (tertiary/aromatic N) is 2. The monoisotopic (exact) mass is 554 g/mol. The van der Waals surface area contributed by atoms with E-state index in [0.29, 0.717) is 36.4 Å². The minimum absolute atomic E-state index is 0. The van der Waals surface area contributed by atoms with Gasteiger partial charge in [-0.2, -0.15) is 8.78 Å². The molecule has 2 aromatic rings. The maximum atomic E-state index is 12.8. The van der Waals surface area contributed by atoms with Gasteiger partial charge in [0.05, 0.1) is 13.2 Å². The molecule has 0 bridgehead atoms. The second kappa shape index (κ2) is 14.2. The Hall–Kier alpha value is -1.88. The molecule has 0 amide bonds. The molecule has 2 N–H and O–H groups in total. The number of hydrogen-bond acceptors (Lipinski definition) is 4. The molecule has 0 saturated heterocycles. The number of ether oxygens (including phenoxy) is 2. The molecule has 0 aliphatic rings. The third-order valence-corrected chi connectivity index (χ3v) is 4.04. The fourth-order valence-electron chi connectivity index (χ4n) is 2.56. The Labute approximate surface area is 197 Å². The van der Waals surface area contributed by atoms with Crippen LogP contribution < -0.4 is 20.1 Å². The van der Waals surface area contributed by atoms with Gasteiger partial charge in [-0.1, -0.05) is 29.8 Å². The van der Waals surface area contributed by atoms with E-state index in [1.54, 1.807) is 37.4 Å². The molecule has 6 nitrogen and oxygen atoms in total. The van der Waals surface area contributed by atoms with Gasteiger partial charge in [-0.25, -0.2) is 9.98 Å². The van der Waals surface area contributed by atoms with Crippen LogP contribution in [0.25, 0.3) is 0 Å². The van der Waals surface area contributed by atoms with Crippen molar-refractivity contribution in [3.63, 3.8) is 0 Å². The number of pyridine rings is 1. The topological polar surface area (TPSA) is 67.8 Å². The summed E-state index contributed by atoms with van der Waals surface area (Å²) in [6.07, 6.45) is 2.45. The molecule has 30 heavy (non-hydrogen) atoms. The Morgan fingerprint density at radius 2 is 2.00 bits per heavy atom. The molecule has 10 heteroatoms. The minimum atomic E-state index is -2.95. The number of alkyl halides is 2. The summed E-state index contributed by atoms with van der Waals surface area (Å²) in [5.74, 6) is 0.851. The Bertz CT molecular complexity index is 795. The Balaban J connectivity index is 0.00000450. The standard InChI is InChI=1S/C20H25ClF2N4O2.HI/c1-3-24-20(25-11-10-14-8-9-17(21)26-12-14)27-13-15-6-5-7-16(28-4-2)18(15)29-19(22)23;/h5-9,12,19H,3-4,10-11,13H2,1-2H3,(H2,24,25,27);1H. The van der Waals surface area contributed by atoms with Gasteiger partial charge in [-0.15, -0.1) is 24.0 Å². The van der Waals surface area contributed by atoms with Crippen LogP contribution in [0.15, 0.2) is 41.5 Å². The first-order valence-corrected chi connectivity index (χ1v) is 9.73. The van der Waals surface area contributed by atoms with E-state index >= 15 is 0 Å². The van der Waals surface area contributed by atoms with Gasteiger partial charge in [0.1, 0.15) is 5.15 Å². The maximum Gasteiger partial charge on any atom is 0.387 e. The fraction of sp³-hybridized carbons (Fsp3) is 0.400. The Kier molecular flexibility index (Phi) is 12.4. The summed E-state index contributed by atoms with van der Waals surface area (Å²) in [4.78, 5) is 8.53. The number of rotatable bonds is 10. The number of halogens is 4. The van der Waals surface area contributed by atoms with Crippen LogP contribution in [-0.4, -0.2) is 37.3 Å². The summed E-state index contributed by atoms with van der Waals surface area (Å²) in [6.45, 7) is 2.56. The van der Waals surface area contributed by atoms with Gasteiger partial charge >= 0.3 is 6.61 Å². The van der Waals surface area contributed by atoms with E-state index in [-0.39, 0.29) is 42.0 Å². The molecule has 1 heterocycles. The predicted octanol–water partition coefficient (Wildman–Crippen LogP) is 4.65. The second-order valence-electron chi connectivity index (χ2n) is 5.92. The highest BCUT2D eigenvalue weighted by Crippen LogP contribution is 2.33. The van der Waals surface area contributed by atoms with E-state index in [9.17, 15) is 8.78 Å². The first-order chi connectivity index (χ1) is 14.0. The van der Waals surface area contributed by atoms with Crippen molar-refractivity contribution in [2.75, 3.05) is 19.7 Å². The molecule has 0 aliphatic heterocycles. The molecule has 0 unspecified atom stereocenters. The summed E-state index contributed by atoms with van der Waals surface area (Å²) in [5.41, 5.74) is 1.55. The molecule has 1 aromatic carbocycles. The van der Waals surface area contributed by atoms with Crippen molar-refractivity contribution in [1.82, 2.24) is 15.6 Å². The highest BCUT2D eigenvalue weighted by Gasteiger charge is 2.15. The second-order valence-corrected chi connectivity index (χ2v) is 6.30. The molecule has 0 spiro atoms. The SMILES string of the molecule is CCNC(=NCc1cccc(OCC)c1OC(F)F)NCCc1ccc(Cl)nc1.I. The van der Waals surface area contributed by atoms with Gasteiger partial charge in [-0.3, -0.25) is 0 Å². The number of para-hydroxylation sites is 1. The number of nitrogens with one attached hydrogen (secondary N) is 2. The smallest absolute Gasteiger partial charge is 0.387 e.